The number of hydrogen-bond acceptors (Lipinski definition) is 3. The van der Waals surface area contributed by atoms with Crippen molar-refractivity contribution in [2.45, 2.75) is 39.3 Å². The molecule has 0 saturated carbocycles. The number of nitrogens with zero attached hydrogens (tertiary/aromatic N) is 2. The van der Waals surface area contributed by atoms with Crippen LogP contribution in [0.2, 0.25) is 0 Å². The van der Waals surface area contributed by atoms with Gasteiger partial charge in [-0.05, 0) is 31.0 Å². The van der Waals surface area contributed by atoms with Crippen molar-refractivity contribution in [3.63, 3.8) is 0 Å². The smallest absolute Gasteiger partial charge is 0.137 e. The van der Waals surface area contributed by atoms with Crippen LogP contribution in [0.4, 0.5) is 0 Å². The van der Waals surface area contributed by atoms with Crippen LogP contribution >= 0.6 is 0 Å². The van der Waals surface area contributed by atoms with E-state index in [0.29, 0.717) is 6.54 Å². The highest BCUT2D eigenvalue weighted by molar-refractivity contribution is 5.42. The monoisotopic (exact) mass is 247 g/mol. The first-order valence-corrected chi connectivity index (χ1v) is 6.52. The van der Waals surface area contributed by atoms with Crippen molar-refractivity contribution < 1.29 is 5.11 Å². The predicted octanol–water partition coefficient (Wildman–Crippen LogP) is 1.89. The van der Waals surface area contributed by atoms with Crippen LogP contribution in [0.5, 0.6) is 0 Å². The van der Waals surface area contributed by atoms with Crippen molar-refractivity contribution in [1.29, 1.82) is 0 Å². The van der Waals surface area contributed by atoms with Crippen LogP contribution < -0.4 is 5.32 Å². The first-order chi connectivity index (χ1) is 8.70. The van der Waals surface area contributed by atoms with Gasteiger partial charge in [0.2, 0.25) is 0 Å². The minimum atomic E-state index is -0.253. The Bertz CT molecular complexity index is 507. The zero-order chi connectivity index (χ0) is 13.0. The third kappa shape index (κ3) is 3.09. The molecule has 2 aromatic heterocycles. The van der Waals surface area contributed by atoms with Crippen molar-refractivity contribution in [2.75, 3.05) is 6.54 Å². The van der Waals surface area contributed by atoms with E-state index in [2.05, 4.69) is 40.7 Å². The normalized spacial score (nSPS) is 13.1. The van der Waals surface area contributed by atoms with Gasteiger partial charge in [0.25, 0.3) is 0 Å². The SMILES string of the molecule is CCCC(O)CNCc1cnc2cc(C)ccn12. The second-order valence-corrected chi connectivity index (χ2v) is 4.76. The molecule has 0 fully saturated rings. The number of aromatic nitrogens is 2. The number of aryl methyl sites for hydroxylation is 1. The van der Waals surface area contributed by atoms with E-state index < -0.39 is 0 Å². The summed E-state index contributed by atoms with van der Waals surface area (Å²) in [5.41, 5.74) is 3.31. The van der Waals surface area contributed by atoms with Crippen LogP contribution in [0.25, 0.3) is 5.65 Å². The highest BCUT2D eigenvalue weighted by Crippen LogP contribution is 2.08. The molecule has 2 heterocycles. The van der Waals surface area contributed by atoms with Crippen LogP contribution in [0.3, 0.4) is 0 Å². The van der Waals surface area contributed by atoms with E-state index in [-0.39, 0.29) is 6.10 Å². The molecule has 0 aliphatic carbocycles. The topological polar surface area (TPSA) is 49.6 Å². The molecule has 0 bridgehead atoms. The van der Waals surface area contributed by atoms with Gasteiger partial charge in [-0.2, -0.15) is 0 Å². The molecule has 4 heteroatoms. The third-order valence-electron chi connectivity index (χ3n) is 3.05. The molecule has 1 atom stereocenters. The summed E-state index contributed by atoms with van der Waals surface area (Å²) in [6, 6.07) is 4.14. The van der Waals surface area contributed by atoms with E-state index in [4.69, 9.17) is 0 Å². The van der Waals surface area contributed by atoms with E-state index >= 15 is 0 Å². The quantitative estimate of drug-likeness (QED) is 0.819. The lowest BCUT2D eigenvalue weighted by Crippen LogP contribution is -2.26. The van der Waals surface area contributed by atoms with Gasteiger partial charge in [-0.25, -0.2) is 4.98 Å². The molecular weight excluding hydrogens is 226 g/mol. The maximum absolute atomic E-state index is 9.64. The molecule has 2 rings (SSSR count). The maximum atomic E-state index is 9.64. The summed E-state index contributed by atoms with van der Waals surface area (Å²) in [6.45, 7) is 5.50. The van der Waals surface area contributed by atoms with Crippen molar-refractivity contribution in [2.24, 2.45) is 0 Å². The van der Waals surface area contributed by atoms with E-state index in [9.17, 15) is 5.11 Å². The third-order valence-corrected chi connectivity index (χ3v) is 3.05. The Morgan fingerprint density at radius 2 is 2.33 bits per heavy atom. The molecule has 0 aliphatic rings. The highest BCUT2D eigenvalue weighted by Gasteiger charge is 2.05. The Labute approximate surface area is 108 Å². The standard InChI is InChI=1S/C14H21N3O/c1-3-4-13(18)10-15-8-12-9-16-14-7-11(2)5-6-17(12)14/h5-7,9,13,15,18H,3-4,8,10H2,1-2H3. The average Bonchev–Trinajstić information content (AvgIpc) is 2.72. The summed E-state index contributed by atoms with van der Waals surface area (Å²) in [6.07, 6.45) is 5.53. The van der Waals surface area contributed by atoms with E-state index in [1.54, 1.807) is 0 Å². The van der Waals surface area contributed by atoms with Gasteiger partial charge >= 0.3 is 0 Å². The molecule has 98 valence electrons. The molecule has 0 spiro atoms. The van der Waals surface area contributed by atoms with E-state index in [1.165, 1.54) is 5.56 Å². The van der Waals surface area contributed by atoms with Gasteiger partial charge < -0.3 is 14.8 Å². The maximum Gasteiger partial charge on any atom is 0.137 e. The van der Waals surface area contributed by atoms with Gasteiger partial charge in [0, 0.05) is 19.3 Å². The van der Waals surface area contributed by atoms with Gasteiger partial charge in [0.15, 0.2) is 0 Å². The molecule has 0 amide bonds. The fourth-order valence-corrected chi connectivity index (χ4v) is 2.07. The van der Waals surface area contributed by atoms with Crippen LogP contribution in [0.1, 0.15) is 31.0 Å². The molecule has 2 aromatic rings. The molecule has 1 unspecified atom stereocenters. The minimum Gasteiger partial charge on any atom is -0.392 e. The Hall–Kier alpha value is -1.39. The molecular formula is C14H21N3O. The predicted molar refractivity (Wildman–Crippen MR) is 72.6 cm³/mol. The Morgan fingerprint density at radius 3 is 3.11 bits per heavy atom. The number of aliphatic hydroxyl groups is 1. The summed E-state index contributed by atoms with van der Waals surface area (Å²) in [5, 5.41) is 12.9. The number of imidazole rings is 1. The summed E-state index contributed by atoms with van der Waals surface area (Å²) in [7, 11) is 0. The van der Waals surface area contributed by atoms with Crippen molar-refractivity contribution >= 4 is 5.65 Å². The Kier molecular flexibility index (Phi) is 4.33. The van der Waals surface area contributed by atoms with Crippen molar-refractivity contribution in [3.8, 4) is 0 Å². The van der Waals surface area contributed by atoms with Gasteiger partial charge in [-0.15, -0.1) is 0 Å². The van der Waals surface area contributed by atoms with Crippen LogP contribution in [-0.4, -0.2) is 27.1 Å². The molecule has 18 heavy (non-hydrogen) atoms. The van der Waals surface area contributed by atoms with Gasteiger partial charge in [-0.1, -0.05) is 13.3 Å². The zero-order valence-corrected chi connectivity index (χ0v) is 11.1. The number of hydrogen-bond donors (Lipinski definition) is 2. The van der Waals surface area contributed by atoms with Gasteiger partial charge in [0.1, 0.15) is 5.65 Å². The van der Waals surface area contributed by atoms with Gasteiger partial charge in [-0.3, -0.25) is 0 Å². The fourth-order valence-electron chi connectivity index (χ4n) is 2.07. The second kappa shape index (κ2) is 5.98. The van der Waals surface area contributed by atoms with Crippen LogP contribution in [0, 0.1) is 6.92 Å². The van der Waals surface area contributed by atoms with Gasteiger partial charge in [0.05, 0.1) is 18.0 Å². The minimum absolute atomic E-state index is 0.253. The zero-order valence-electron chi connectivity index (χ0n) is 11.1. The lowest BCUT2D eigenvalue weighted by Gasteiger charge is -2.10. The fraction of sp³-hybridized carbons (Fsp3) is 0.500. The highest BCUT2D eigenvalue weighted by atomic mass is 16.3. The van der Waals surface area contributed by atoms with Crippen molar-refractivity contribution in [3.05, 3.63) is 35.8 Å². The first-order valence-electron chi connectivity index (χ1n) is 6.52. The number of aliphatic hydroxyl groups excluding tert-OH is 1. The Balaban J connectivity index is 1.96. The van der Waals surface area contributed by atoms with E-state index in [0.717, 1.165) is 30.7 Å². The molecule has 4 nitrogen and oxygen atoms in total. The first kappa shape index (κ1) is 13.1. The van der Waals surface area contributed by atoms with Crippen LogP contribution in [0.15, 0.2) is 24.5 Å². The lowest BCUT2D eigenvalue weighted by molar-refractivity contribution is 0.160. The largest absolute Gasteiger partial charge is 0.392 e. The average molecular weight is 247 g/mol. The molecule has 2 N–H and O–H groups in total. The van der Waals surface area contributed by atoms with Crippen molar-refractivity contribution in [1.82, 2.24) is 14.7 Å². The molecule has 0 saturated heterocycles. The summed E-state index contributed by atoms with van der Waals surface area (Å²) >= 11 is 0. The Morgan fingerprint density at radius 1 is 1.50 bits per heavy atom. The summed E-state index contributed by atoms with van der Waals surface area (Å²) < 4.78 is 2.08. The number of rotatable bonds is 6. The molecule has 0 aromatic carbocycles. The lowest BCUT2D eigenvalue weighted by atomic mass is 10.2. The van der Waals surface area contributed by atoms with E-state index in [1.807, 2.05) is 12.4 Å². The summed E-state index contributed by atoms with van der Waals surface area (Å²) in [4.78, 5) is 4.37. The molecule has 0 radical (unpaired) electrons. The number of pyridine rings is 1. The number of nitrogens with one attached hydrogen (secondary N) is 1. The second-order valence-electron chi connectivity index (χ2n) is 4.76. The molecule has 0 aliphatic heterocycles. The number of fused-ring (bicyclic) bond motifs is 1. The van der Waals surface area contributed by atoms with Crippen LogP contribution in [-0.2, 0) is 6.54 Å². The summed E-state index contributed by atoms with van der Waals surface area (Å²) in [5.74, 6) is 0.